The van der Waals surface area contributed by atoms with Crippen LogP contribution in [-0.2, 0) is 4.79 Å². The van der Waals surface area contributed by atoms with Crippen LogP contribution >= 0.6 is 12.6 Å². The van der Waals surface area contributed by atoms with Crippen molar-refractivity contribution in [2.45, 2.75) is 0 Å². The number of thiol groups is 1. The first-order valence-electron chi connectivity index (χ1n) is 1.10. The van der Waals surface area contributed by atoms with Crippen LogP contribution in [0.25, 0.3) is 0 Å². The summed E-state index contributed by atoms with van der Waals surface area (Å²) in [6, 6.07) is 0. The molecule has 0 aliphatic rings. The molecule has 0 heterocycles. The summed E-state index contributed by atoms with van der Waals surface area (Å²) in [5.74, 6) is -0.965. The van der Waals surface area contributed by atoms with Crippen LogP contribution in [0.5, 0.6) is 0 Å². The predicted octanol–water partition coefficient (Wildman–Crippen LogP) is -1.20. The third-order valence-corrected chi connectivity index (χ3v) is 0.406. The van der Waals surface area contributed by atoms with Crippen molar-refractivity contribution in [2.24, 2.45) is 0 Å². The first kappa shape index (κ1) is 15.7. The van der Waals surface area contributed by atoms with E-state index >= 15 is 0 Å². The second-order valence-corrected chi connectivity index (χ2v) is 0.868. The standard InChI is InChI=1S/C2H4O2S.Ca.H2O/c3-2(4)1-5;;/h5H,1H2,(H,3,4);;1H2. The van der Waals surface area contributed by atoms with Crippen molar-refractivity contribution in [1.82, 2.24) is 0 Å². The largest absolute Gasteiger partial charge is 0.481 e. The Hall–Kier alpha value is 1.04. The molecule has 0 unspecified atom stereocenters. The second kappa shape index (κ2) is 10.1. The SMILES string of the molecule is O.O=C(O)CS.[Ca]. The van der Waals surface area contributed by atoms with Gasteiger partial charge in [-0.1, -0.05) is 0 Å². The smallest absolute Gasteiger partial charge is 0.313 e. The maximum Gasteiger partial charge on any atom is 0.313 e. The van der Waals surface area contributed by atoms with Gasteiger partial charge in [0.25, 0.3) is 0 Å². The molecule has 2 radical (unpaired) electrons. The van der Waals surface area contributed by atoms with Gasteiger partial charge >= 0.3 is 5.97 Å². The molecule has 0 amide bonds. The van der Waals surface area contributed by atoms with Crippen LogP contribution in [0.15, 0.2) is 0 Å². The third-order valence-electron chi connectivity index (χ3n) is 0.135. The van der Waals surface area contributed by atoms with Crippen molar-refractivity contribution < 1.29 is 15.4 Å². The molecule has 0 aromatic carbocycles. The molecular formula is C2H6CaO3S. The summed E-state index contributed by atoms with van der Waals surface area (Å²) in [6.07, 6.45) is 0. The van der Waals surface area contributed by atoms with Gasteiger partial charge in [0.1, 0.15) is 0 Å². The minimum absolute atomic E-state index is 0. The maximum atomic E-state index is 9.29. The number of carboxylic acids is 1. The minimum atomic E-state index is -0.881. The summed E-state index contributed by atoms with van der Waals surface area (Å²) in [6.45, 7) is 0. The molecule has 7 heavy (non-hydrogen) atoms. The molecule has 3 nitrogen and oxygen atoms in total. The second-order valence-electron chi connectivity index (χ2n) is 0.552. The van der Waals surface area contributed by atoms with Crippen LogP contribution in [0.2, 0.25) is 0 Å². The zero-order valence-electron chi connectivity index (χ0n) is 3.72. The molecule has 0 aliphatic heterocycles. The number of rotatable bonds is 1. The zero-order chi connectivity index (χ0) is 4.28. The minimum Gasteiger partial charge on any atom is -0.481 e. The molecule has 5 heteroatoms. The Balaban J connectivity index is -0.0000000800. The normalized spacial score (nSPS) is 5.29. The molecule has 0 rings (SSSR count). The van der Waals surface area contributed by atoms with Gasteiger partial charge in [0, 0.05) is 37.7 Å². The van der Waals surface area contributed by atoms with Gasteiger partial charge in [-0.2, -0.15) is 12.6 Å². The summed E-state index contributed by atoms with van der Waals surface area (Å²) >= 11 is 3.42. The first-order valence-corrected chi connectivity index (χ1v) is 1.73. The third kappa shape index (κ3) is 19.4. The fraction of sp³-hybridized carbons (Fsp3) is 0.500. The number of carboxylic acid groups (broad SMARTS) is 1. The number of carbonyl (C=O) groups is 1. The van der Waals surface area contributed by atoms with E-state index in [1.54, 1.807) is 0 Å². The van der Waals surface area contributed by atoms with Gasteiger partial charge in [-0.15, -0.1) is 0 Å². The van der Waals surface area contributed by atoms with Crippen LogP contribution in [0, 0.1) is 0 Å². The van der Waals surface area contributed by atoms with Gasteiger partial charge in [-0.25, -0.2) is 0 Å². The van der Waals surface area contributed by atoms with Gasteiger partial charge in [0.2, 0.25) is 0 Å². The van der Waals surface area contributed by atoms with Crippen LogP contribution < -0.4 is 0 Å². The van der Waals surface area contributed by atoms with Gasteiger partial charge in [0.15, 0.2) is 0 Å². The topological polar surface area (TPSA) is 68.8 Å². The summed E-state index contributed by atoms with van der Waals surface area (Å²) in [5.41, 5.74) is 0. The molecule has 0 bridgehead atoms. The van der Waals surface area contributed by atoms with Crippen molar-refractivity contribution in [3.05, 3.63) is 0 Å². The summed E-state index contributed by atoms with van der Waals surface area (Å²) < 4.78 is 0. The molecule has 40 valence electrons. The Morgan fingerprint density at radius 3 is 1.86 bits per heavy atom. The van der Waals surface area contributed by atoms with E-state index in [-0.39, 0.29) is 49.0 Å². The molecule has 3 N–H and O–H groups in total. The van der Waals surface area contributed by atoms with Crippen molar-refractivity contribution in [3.63, 3.8) is 0 Å². The monoisotopic (exact) mass is 150 g/mol. The van der Waals surface area contributed by atoms with E-state index in [4.69, 9.17) is 5.11 Å². The maximum absolute atomic E-state index is 9.29. The Labute approximate surface area is 76.8 Å². The van der Waals surface area contributed by atoms with Crippen molar-refractivity contribution >= 4 is 56.3 Å². The van der Waals surface area contributed by atoms with Gasteiger partial charge in [-0.3, -0.25) is 4.79 Å². The molecule has 0 aromatic rings. The summed E-state index contributed by atoms with van der Waals surface area (Å²) in [4.78, 5) is 9.29. The van der Waals surface area contributed by atoms with Crippen molar-refractivity contribution in [2.75, 3.05) is 5.75 Å². The molecule has 0 saturated heterocycles. The van der Waals surface area contributed by atoms with E-state index in [1.165, 1.54) is 0 Å². The van der Waals surface area contributed by atoms with Crippen LogP contribution in [-0.4, -0.2) is 60.0 Å². The number of hydrogen-bond acceptors (Lipinski definition) is 2. The van der Waals surface area contributed by atoms with Gasteiger partial charge < -0.3 is 10.6 Å². The van der Waals surface area contributed by atoms with E-state index in [9.17, 15) is 4.79 Å². The van der Waals surface area contributed by atoms with Gasteiger partial charge in [-0.05, 0) is 0 Å². The predicted molar refractivity (Wildman–Crippen MR) is 30.9 cm³/mol. The van der Waals surface area contributed by atoms with E-state index in [2.05, 4.69) is 12.6 Å². The van der Waals surface area contributed by atoms with Crippen LogP contribution in [0.1, 0.15) is 0 Å². The Kier molecular flexibility index (Phi) is 22.7. The van der Waals surface area contributed by atoms with Gasteiger partial charge in [0.05, 0.1) is 5.75 Å². The molecule has 0 fully saturated rings. The fourth-order valence-corrected chi connectivity index (χ4v) is 0. The zero-order valence-corrected chi connectivity index (χ0v) is 6.82. The average Bonchev–Trinajstić information content (AvgIpc) is 1.38. The van der Waals surface area contributed by atoms with E-state index in [1.807, 2.05) is 0 Å². The molecular weight excluding hydrogens is 144 g/mol. The molecule has 0 aromatic heterocycles. The number of aliphatic carboxylic acids is 1. The molecule has 0 atom stereocenters. The average molecular weight is 150 g/mol. The quantitative estimate of drug-likeness (QED) is 0.364. The van der Waals surface area contributed by atoms with Crippen molar-refractivity contribution in [1.29, 1.82) is 0 Å². The summed E-state index contributed by atoms with van der Waals surface area (Å²) in [5, 5.41) is 7.65. The Morgan fingerprint density at radius 1 is 1.71 bits per heavy atom. The molecule has 0 aliphatic carbocycles. The van der Waals surface area contributed by atoms with E-state index in [0.29, 0.717) is 0 Å². The summed E-state index contributed by atoms with van der Waals surface area (Å²) in [7, 11) is 0. The van der Waals surface area contributed by atoms with Crippen LogP contribution in [0.3, 0.4) is 0 Å². The number of hydrogen-bond donors (Lipinski definition) is 2. The molecule has 0 saturated carbocycles. The fourth-order valence-electron chi connectivity index (χ4n) is 0. The molecule has 0 spiro atoms. The van der Waals surface area contributed by atoms with Crippen LogP contribution in [0.4, 0.5) is 0 Å². The first-order chi connectivity index (χ1) is 2.27. The van der Waals surface area contributed by atoms with E-state index < -0.39 is 5.97 Å². The Bertz CT molecular complexity index is 48.2. The van der Waals surface area contributed by atoms with Crippen molar-refractivity contribution in [3.8, 4) is 0 Å². The Morgan fingerprint density at radius 2 is 1.86 bits per heavy atom. The van der Waals surface area contributed by atoms with E-state index in [0.717, 1.165) is 0 Å².